The van der Waals surface area contributed by atoms with Crippen molar-refractivity contribution >= 4 is 34.8 Å². The number of thiocarbonyl (C=S) groups is 1. The molecule has 0 fully saturated rings. The van der Waals surface area contributed by atoms with E-state index in [0.29, 0.717) is 22.6 Å². The van der Waals surface area contributed by atoms with Gasteiger partial charge in [-0.15, -0.1) is 0 Å². The lowest BCUT2D eigenvalue weighted by molar-refractivity contribution is 0.0939. The fourth-order valence-electron chi connectivity index (χ4n) is 3.05. The van der Waals surface area contributed by atoms with Crippen LogP contribution in [-0.2, 0) is 0 Å². The highest BCUT2D eigenvalue weighted by Gasteiger charge is 2.17. The Bertz CT molecular complexity index is 1090. The summed E-state index contributed by atoms with van der Waals surface area (Å²) in [4.78, 5) is 25.4. The maximum absolute atomic E-state index is 12.9. The number of carbonyl (C=O) groups excluding carboxylic acids is 2. The van der Waals surface area contributed by atoms with E-state index in [2.05, 4.69) is 16.0 Å². The fraction of sp³-hybridized carbons (Fsp3) is 0.125. The van der Waals surface area contributed by atoms with Gasteiger partial charge in [-0.25, -0.2) is 0 Å². The fourth-order valence-corrected chi connectivity index (χ4v) is 3.25. The molecule has 2 amide bonds. The van der Waals surface area contributed by atoms with E-state index in [0.717, 1.165) is 5.56 Å². The minimum Gasteiger partial charge on any atom is -0.496 e. The highest BCUT2D eigenvalue weighted by molar-refractivity contribution is 7.80. The van der Waals surface area contributed by atoms with E-state index in [4.69, 9.17) is 17.0 Å². The Morgan fingerprint density at radius 3 is 2.16 bits per heavy atom. The Labute approximate surface area is 186 Å². The Kier molecular flexibility index (Phi) is 7.35. The molecule has 0 heterocycles. The van der Waals surface area contributed by atoms with Crippen LogP contribution >= 0.6 is 12.2 Å². The molecule has 0 saturated carbocycles. The number of anilines is 1. The van der Waals surface area contributed by atoms with Crippen LogP contribution in [0.3, 0.4) is 0 Å². The van der Waals surface area contributed by atoms with Gasteiger partial charge in [0.2, 0.25) is 0 Å². The molecule has 0 aliphatic rings. The molecule has 3 rings (SSSR count). The van der Waals surface area contributed by atoms with E-state index >= 15 is 0 Å². The van der Waals surface area contributed by atoms with Crippen molar-refractivity contribution in [3.05, 3.63) is 95.6 Å². The Morgan fingerprint density at radius 1 is 0.839 bits per heavy atom. The number of benzene rings is 3. The number of ether oxygens (including phenoxy) is 1. The van der Waals surface area contributed by atoms with Crippen LogP contribution in [0.5, 0.6) is 5.75 Å². The summed E-state index contributed by atoms with van der Waals surface area (Å²) in [5.74, 6) is -0.217. The Balaban J connectivity index is 1.69. The van der Waals surface area contributed by atoms with Crippen molar-refractivity contribution in [2.75, 3.05) is 12.4 Å². The number of methoxy groups -OCH3 is 1. The monoisotopic (exact) mass is 433 g/mol. The average Bonchev–Trinajstić information content (AvgIpc) is 2.79. The first-order valence-electron chi connectivity index (χ1n) is 9.69. The van der Waals surface area contributed by atoms with Crippen molar-refractivity contribution in [2.45, 2.75) is 13.0 Å². The van der Waals surface area contributed by atoms with Crippen LogP contribution < -0.4 is 20.7 Å². The summed E-state index contributed by atoms with van der Waals surface area (Å²) in [5.41, 5.74) is 2.27. The first-order valence-corrected chi connectivity index (χ1v) is 10.1. The van der Waals surface area contributed by atoms with Crippen LogP contribution in [0.4, 0.5) is 5.69 Å². The second-order valence-electron chi connectivity index (χ2n) is 6.76. The number of rotatable bonds is 6. The number of hydrogen-bond acceptors (Lipinski definition) is 4. The van der Waals surface area contributed by atoms with E-state index in [9.17, 15) is 9.59 Å². The predicted octanol–water partition coefficient (Wildman–Crippen LogP) is 4.31. The molecule has 0 spiro atoms. The maximum Gasteiger partial charge on any atom is 0.261 e. The Morgan fingerprint density at radius 2 is 1.45 bits per heavy atom. The second kappa shape index (κ2) is 10.4. The molecule has 31 heavy (non-hydrogen) atoms. The van der Waals surface area contributed by atoms with Crippen molar-refractivity contribution in [3.8, 4) is 5.75 Å². The minimum atomic E-state index is -0.408. The van der Waals surface area contributed by atoms with Crippen molar-refractivity contribution in [2.24, 2.45) is 0 Å². The number of carbonyl (C=O) groups is 2. The lowest BCUT2D eigenvalue weighted by atomic mass is 10.1. The third-order valence-corrected chi connectivity index (χ3v) is 4.85. The van der Waals surface area contributed by atoms with Gasteiger partial charge in [0.15, 0.2) is 5.11 Å². The molecular weight excluding hydrogens is 410 g/mol. The normalized spacial score (nSPS) is 11.2. The van der Waals surface area contributed by atoms with Crippen LogP contribution in [0.25, 0.3) is 0 Å². The molecule has 0 aromatic heterocycles. The molecule has 0 radical (unpaired) electrons. The van der Waals surface area contributed by atoms with Gasteiger partial charge in [0, 0.05) is 0 Å². The zero-order valence-electron chi connectivity index (χ0n) is 17.2. The topological polar surface area (TPSA) is 79.5 Å². The van der Waals surface area contributed by atoms with E-state index in [1.807, 2.05) is 37.3 Å². The molecule has 7 heteroatoms. The molecule has 0 bridgehead atoms. The highest BCUT2D eigenvalue weighted by Crippen LogP contribution is 2.19. The summed E-state index contributed by atoms with van der Waals surface area (Å²) in [6.07, 6.45) is 0. The van der Waals surface area contributed by atoms with Gasteiger partial charge in [-0.1, -0.05) is 54.6 Å². The summed E-state index contributed by atoms with van der Waals surface area (Å²) in [7, 11) is 1.49. The SMILES string of the molecule is COc1ccccc1C(=O)NC(=S)Nc1ccccc1C(=O)NC(C)c1ccccc1. The lowest BCUT2D eigenvalue weighted by Crippen LogP contribution is -2.35. The molecular formula is C24H23N3O3S. The highest BCUT2D eigenvalue weighted by atomic mass is 32.1. The van der Waals surface area contributed by atoms with Crippen LogP contribution in [0, 0.1) is 0 Å². The first kappa shape index (κ1) is 22.0. The molecule has 0 aliphatic carbocycles. The van der Waals surface area contributed by atoms with Gasteiger partial charge in [0.25, 0.3) is 11.8 Å². The van der Waals surface area contributed by atoms with Gasteiger partial charge in [-0.3, -0.25) is 14.9 Å². The van der Waals surface area contributed by atoms with Gasteiger partial charge in [0.05, 0.1) is 30.0 Å². The average molecular weight is 434 g/mol. The molecule has 158 valence electrons. The van der Waals surface area contributed by atoms with E-state index in [-0.39, 0.29) is 17.1 Å². The molecule has 0 saturated heterocycles. The zero-order chi connectivity index (χ0) is 22.2. The first-order chi connectivity index (χ1) is 15.0. The Hall–Kier alpha value is -3.71. The zero-order valence-corrected chi connectivity index (χ0v) is 18.0. The molecule has 3 aromatic carbocycles. The summed E-state index contributed by atoms with van der Waals surface area (Å²) >= 11 is 5.29. The van der Waals surface area contributed by atoms with E-state index < -0.39 is 5.91 Å². The third kappa shape index (κ3) is 5.67. The van der Waals surface area contributed by atoms with Gasteiger partial charge in [-0.05, 0) is 49.0 Å². The van der Waals surface area contributed by atoms with E-state index in [1.54, 1.807) is 48.5 Å². The van der Waals surface area contributed by atoms with Crippen LogP contribution in [0.2, 0.25) is 0 Å². The van der Waals surface area contributed by atoms with Crippen LogP contribution in [0.15, 0.2) is 78.9 Å². The van der Waals surface area contributed by atoms with Gasteiger partial charge in [0.1, 0.15) is 5.75 Å². The van der Waals surface area contributed by atoms with Gasteiger partial charge in [-0.2, -0.15) is 0 Å². The maximum atomic E-state index is 12.9. The number of hydrogen-bond donors (Lipinski definition) is 3. The molecule has 3 N–H and O–H groups in total. The summed E-state index contributed by atoms with van der Waals surface area (Å²) in [6, 6.07) is 23.3. The minimum absolute atomic E-state index is 0.0762. The molecule has 1 unspecified atom stereocenters. The lowest BCUT2D eigenvalue weighted by Gasteiger charge is -2.17. The molecule has 3 aromatic rings. The quantitative estimate of drug-likeness (QED) is 0.505. The van der Waals surface area contributed by atoms with Crippen molar-refractivity contribution in [1.82, 2.24) is 10.6 Å². The van der Waals surface area contributed by atoms with Crippen molar-refractivity contribution < 1.29 is 14.3 Å². The van der Waals surface area contributed by atoms with Crippen LogP contribution in [0.1, 0.15) is 39.2 Å². The third-order valence-electron chi connectivity index (χ3n) is 4.65. The molecule has 1 atom stereocenters. The standard InChI is InChI=1S/C24H23N3O3S/c1-16(17-10-4-3-5-11-17)25-22(28)18-12-6-8-14-20(18)26-24(31)27-23(29)19-13-7-9-15-21(19)30-2/h3-16H,1-2H3,(H,25,28)(H2,26,27,29,31). The number of nitrogens with one attached hydrogen (secondary N) is 3. The number of amides is 2. The largest absolute Gasteiger partial charge is 0.496 e. The van der Waals surface area contributed by atoms with Crippen molar-refractivity contribution in [1.29, 1.82) is 0 Å². The summed E-state index contributed by atoms with van der Waals surface area (Å²) in [6.45, 7) is 1.92. The molecule has 0 aliphatic heterocycles. The summed E-state index contributed by atoms with van der Waals surface area (Å²) in [5, 5.41) is 8.62. The number of para-hydroxylation sites is 2. The van der Waals surface area contributed by atoms with E-state index in [1.165, 1.54) is 7.11 Å². The smallest absolute Gasteiger partial charge is 0.261 e. The summed E-state index contributed by atoms with van der Waals surface area (Å²) < 4.78 is 5.21. The van der Waals surface area contributed by atoms with Crippen LogP contribution in [-0.4, -0.2) is 24.0 Å². The predicted molar refractivity (Wildman–Crippen MR) is 125 cm³/mol. The van der Waals surface area contributed by atoms with Gasteiger partial charge < -0.3 is 15.4 Å². The second-order valence-corrected chi connectivity index (χ2v) is 7.17. The molecule has 6 nitrogen and oxygen atoms in total. The van der Waals surface area contributed by atoms with Crippen molar-refractivity contribution in [3.63, 3.8) is 0 Å². The van der Waals surface area contributed by atoms with Gasteiger partial charge >= 0.3 is 0 Å².